The number of anilines is 1. The fraction of sp³-hybridized carbons (Fsp3) is 0.625. The minimum atomic E-state index is -0.363. The van der Waals surface area contributed by atoms with Crippen molar-refractivity contribution in [1.82, 2.24) is 0 Å². The molecule has 1 aromatic rings. The Morgan fingerprint density at radius 2 is 2.14 bits per heavy atom. The highest BCUT2D eigenvalue weighted by atomic mass is 16.6. The lowest BCUT2D eigenvalue weighted by molar-refractivity contribution is -0.384. The lowest BCUT2D eigenvalue weighted by Crippen LogP contribution is -2.27. The van der Waals surface area contributed by atoms with Gasteiger partial charge in [0.2, 0.25) is 0 Å². The number of non-ortho nitro benzene ring substituents is 1. The van der Waals surface area contributed by atoms with E-state index in [1.165, 1.54) is 25.3 Å². The highest BCUT2D eigenvalue weighted by Crippen LogP contribution is 2.31. The maximum absolute atomic E-state index is 10.9. The summed E-state index contributed by atoms with van der Waals surface area (Å²) in [5.41, 5.74) is 1.86. The van der Waals surface area contributed by atoms with Crippen LogP contribution < -0.4 is 5.32 Å². The molecule has 1 aromatic carbocycles. The van der Waals surface area contributed by atoms with E-state index < -0.39 is 0 Å². The van der Waals surface area contributed by atoms with Crippen molar-refractivity contribution in [3.63, 3.8) is 0 Å². The molecular formula is C16H24N2O3. The van der Waals surface area contributed by atoms with Gasteiger partial charge in [0.15, 0.2) is 0 Å². The Balaban J connectivity index is 2.07. The summed E-state index contributed by atoms with van der Waals surface area (Å²) in [4.78, 5) is 10.5. The number of nitrogens with one attached hydrogen (secondary N) is 1. The maximum Gasteiger partial charge on any atom is 0.269 e. The van der Waals surface area contributed by atoms with Crippen LogP contribution in [0.25, 0.3) is 0 Å². The summed E-state index contributed by atoms with van der Waals surface area (Å²) in [7, 11) is 1.82. The van der Waals surface area contributed by atoms with Crippen molar-refractivity contribution < 1.29 is 9.66 Å². The summed E-state index contributed by atoms with van der Waals surface area (Å²) in [5.74, 6) is 0.621. The second-order valence-corrected chi connectivity index (χ2v) is 5.65. The zero-order valence-corrected chi connectivity index (χ0v) is 12.8. The molecule has 5 nitrogen and oxygen atoms in total. The molecule has 0 spiro atoms. The number of hydrogen-bond acceptors (Lipinski definition) is 4. The van der Waals surface area contributed by atoms with Crippen molar-refractivity contribution in [3.05, 3.63) is 33.9 Å². The number of hydrogen-bond donors (Lipinski definition) is 1. The zero-order chi connectivity index (χ0) is 15.2. The summed E-state index contributed by atoms with van der Waals surface area (Å²) in [6.07, 6.45) is 6.26. The van der Waals surface area contributed by atoms with Crippen molar-refractivity contribution in [2.45, 2.75) is 51.7 Å². The van der Waals surface area contributed by atoms with Crippen LogP contribution in [0.1, 0.15) is 44.6 Å². The molecule has 0 aromatic heterocycles. The lowest BCUT2D eigenvalue weighted by atomic mass is 9.85. The van der Waals surface area contributed by atoms with E-state index in [1.807, 2.05) is 7.05 Å². The van der Waals surface area contributed by atoms with Crippen molar-refractivity contribution >= 4 is 11.4 Å². The van der Waals surface area contributed by atoms with Crippen LogP contribution in [0.2, 0.25) is 0 Å². The average molecular weight is 292 g/mol. The van der Waals surface area contributed by atoms with Crippen LogP contribution in [0.5, 0.6) is 0 Å². The Morgan fingerprint density at radius 1 is 1.38 bits per heavy atom. The SMILES string of the molecule is CCC1CCCCC1OCc1cc([N+](=O)[O-])ccc1NC. The monoisotopic (exact) mass is 292 g/mol. The minimum absolute atomic E-state index is 0.114. The van der Waals surface area contributed by atoms with E-state index in [0.29, 0.717) is 12.5 Å². The van der Waals surface area contributed by atoms with Crippen LogP contribution in [0, 0.1) is 16.0 Å². The van der Waals surface area contributed by atoms with Gasteiger partial charge in [-0.15, -0.1) is 0 Å². The van der Waals surface area contributed by atoms with E-state index in [4.69, 9.17) is 4.74 Å². The first kappa shape index (κ1) is 15.8. The molecule has 0 amide bonds. The van der Waals surface area contributed by atoms with Gasteiger partial charge in [-0.1, -0.05) is 26.2 Å². The fourth-order valence-electron chi connectivity index (χ4n) is 3.11. The van der Waals surface area contributed by atoms with Crippen LogP contribution >= 0.6 is 0 Å². The van der Waals surface area contributed by atoms with Crippen molar-refractivity contribution in [1.29, 1.82) is 0 Å². The summed E-state index contributed by atoms with van der Waals surface area (Å²) in [5, 5.41) is 14.0. The van der Waals surface area contributed by atoms with E-state index in [9.17, 15) is 10.1 Å². The van der Waals surface area contributed by atoms with Gasteiger partial charge in [-0.2, -0.15) is 0 Å². The highest BCUT2D eigenvalue weighted by Gasteiger charge is 2.24. The van der Waals surface area contributed by atoms with E-state index in [0.717, 1.165) is 24.1 Å². The third kappa shape index (κ3) is 3.94. The van der Waals surface area contributed by atoms with Crippen LogP contribution in [-0.2, 0) is 11.3 Å². The molecule has 116 valence electrons. The number of rotatable bonds is 6. The molecule has 0 heterocycles. The first-order valence-corrected chi connectivity index (χ1v) is 7.72. The van der Waals surface area contributed by atoms with Crippen LogP contribution in [0.4, 0.5) is 11.4 Å². The van der Waals surface area contributed by atoms with Gasteiger partial charge in [-0.05, 0) is 24.8 Å². The van der Waals surface area contributed by atoms with Gasteiger partial charge in [-0.3, -0.25) is 10.1 Å². The first-order valence-electron chi connectivity index (χ1n) is 7.72. The Morgan fingerprint density at radius 3 is 2.81 bits per heavy atom. The molecule has 2 rings (SSSR count). The molecule has 2 atom stereocenters. The van der Waals surface area contributed by atoms with Crippen LogP contribution in [0.3, 0.4) is 0 Å². The number of benzene rings is 1. The van der Waals surface area contributed by atoms with Crippen LogP contribution in [-0.4, -0.2) is 18.1 Å². The third-order valence-corrected chi connectivity index (χ3v) is 4.39. The molecular weight excluding hydrogens is 268 g/mol. The number of ether oxygens (including phenoxy) is 1. The molecule has 5 heteroatoms. The van der Waals surface area contributed by atoms with Gasteiger partial charge in [-0.25, -0.2) is 0 Å². The minimum Gasteiger partial charge on any atom is -0.388 e. The summed E-state index contributed by atoms with van der Waals surface area (Å²) < 4.78 is 6.09. The van der Waals surface area contributed by atoms with Crippen molar-refractivity contribution in [2.24, 2.45) is 5.92 Å². The Hall–Kier alpha value is -1.62. The molecule has 0 saturated heterocycles. The molecule has 2 unspecified atom stereocenters. The summed E-state index contributed by atoms with van der Waals surface area (Å²) in [6, 6.07) is 4.87. The Kier molecular flexibility index (Phi) is 5.56. The largest absolute Gasteiger partial charge is 0.388 e. The number of nitro benzene ring substituents is 1. The van der Waals surface area contributed by atoms with Gasteiger partial charge in [0.05, 0.1) is 17.6 Å². The van der Waals surface area contributed by atoms with Gasteiger partial charge >= 0.3 is 0 Å². The average Bonchev–Trinajstić information content (AvgIpc) is 2.52. The normalized spacial score (nSPS) is 22.0. The molecule has 21 heavy (non-hydrogen) atoms. The predicted molar refractivity (Wildman–Crippen MR) is 83.5 cm³/mol. The molecule has 1 aliphatic rings. The smallest absolute Gasteiger partial charge is 0.269 e. The van der Waals surface area contributed by atoms with E-state index in [2.05, 4.69) is 12.2 Å². The van der Waals surface area contributed by atoms with E-state index in [-0.39, 0.29) is 16.7 Å². The van der Waals surface area contributed by atoms with Crippen molar-refractivity contribution in [3.8, 4) is 0 Å². The Labute approximate surface area is 125 Å². The third-order valence-electron chi connectivity index (χ3n) is 4.39. The summed E-state index contributed by atoms with van der Waals surface area (Å²) in [6.45, 7) is 2.64. The van der Waals surface area contributed by atoms with Gasteiger partial charge in [0.1, 0.15) is 0 Å². The quantitative estimate of drug-likeness (QED) is 0.632. The second-order valence-electron chi connectivity index (χ2n) is 5.65. The second kappa shape index (κ2) is 7.41. The molecule has 1 saturated carbocycles. The van der Waals surface area contributed by atoms with Gasteiger partial charge < -0.3 is 10.1 Å². The maximum atomic E-state index is 10.9. The topological polar surface area (TPSA) is 64.4 Å². The Bertz CT molecular complexity index is 490. The molecule has 0 bridgehead atoms. The molecule has 1 N–H and O–H groups in total. The van der Waals surface area contributed by atoms with Crippen molar-refractivity contribution in [2.75, 3.05) is 12.4 Å². The van der Waals surface area contributed by atoms with Gasteiger partial charge in [0, 0.05) is 30.4 Å². The van der Waals surface area contributed by atoms with E-state index >= 15 is 0 Å². The zero-order valence-electron chi connectivity index (χ0n) is 12.8. The number of nitrogens with zero attached hydrogens (tertiary/aromatic N) is 1. The molecule has 1 aliphatic carbocycles. The molecule has 0 aliphatic heterocycles. The van der Waals surface area contributed by atoms with Gasteiger partial charge in [0.25, 0.3) is 5.69 Å². The standard InChI is InChI=1S/C16H24N2O3/c1-3-12-6-4-5-7-16(12)21-11-13-10-14(18(19)20)8-9-15(13)17-2/h8-10,12,16-17H,3-7,11H2,1-2H3. The molecule has 0 radical (unpaired) electrons. The number of nitro groups is 1. The predicted octanol–water partition coefficient (Wildman–Crippen LogP) is 4.12. The highest BCUT2D eigenvalue weighted by molar-refractivity contribution is 5.55. The lowest BCUT2D eigenvalue weighted by Gasteiger charge is -2.31. The van der Waals surface area contributed by atoms with Crippen LogP contribution in [0.15, 0.2) is 18.2 Å². The summed E-state index contributed by atoms with van der Waals surface area (Å²) >= 11 is 0. The fourth-order valence-corrected chi connectivity index (χ4v) is 3.11. The molecule has 1 fully saturated rings. The first-order chi connectivity index (χ1) is 10.2. The van der Waals surface area contributed by atoms with E-state index in [1.54, 1.807) is 12.1 Å².